The van der Waals surface area contributed by atoms with Crippen molar-refractivity contribution in [1.82, 2.24) is 10.2 Å². The van der Waals surface area contributed by atoms with Crippen LogP contribution >= 0.6 is 11.6 Å². The van der Waals surface area contributed by atoms with Gasteiger partial charge in [0.2, 0.25) is 5.91 Å². The Labute approximate surface area is 114 Å². The molecule has 1 aromatic rings. The van der Waals surface area contributed by atoms with E-state index in [-0.39, 0.29) is 35.7 Å². The minimum absolute atomic E-state index is 0.0271. The van der Waals surface area contributed by atoms with Gasteiger partial charge >= 0.3 is 0 Å². The lowest BCUT2D eigenvalue weighted by atomic mass is 10.3. The Bertz CT molecular complexity index is 510. The largest absolute Gasteiger partial charge is 0.482 e. The number of nitrogens with one attached hydrogen (secondary N) is 1. The molecule has 102 valence electrons. The molecular formula is C12H12ClFN2O3. The summed E-state index contributed by atoms with van der Waals surface area (Å²) >= 11 is 5.77. The van der Waals surface area contributed by atoms with Crippen LogP contribution in [0.1, 0.15) is 0 Å². The van der Waals surface area contributed by atoms with Crippen LogP contribution in [0.4, 0.5) is 4.39 Å². The first-order valence-corrected chi connectivity index (χ1v) is 6.06. The average Bonchev–Trinajstić information content (AvgIpc) is 2.37. The quantitative estimate of drug-likeness (QED) is 0.895. The van der Waals surface area contributed by atoms with Crippen molar-refractivity contribution < 1.29 is 18.7 Å². The Kier molecular flexibility index (Phi) is 4.21. The molecule has 0 saturated carbocycles. The van der Waals surface area contributed by atoms with Crippen LogP contribution in [0.3, 0.4) is 0 Å². The van der Waals surface area contributed by atoms with E-state index in [9.17, 15) is 14.0 Å². The Balaban J connectivity index is 1.91. The number of carbonyl (C=O) groups is 2. The molecule has 19 heavy (non-hydrogen) atoms. The van der Waals surface area contributed by atoms with Gasteiger partial charge in [0.15, 0.2) is 6.61 Å². The van der Waals surface area contributed by atoms with Crippen molar-refractivity contribution in [3.8, 4) is 5.75 Å². The number of ether oxygens (including phenoxy) is 1. The second-order valence-corrected chi connectivity index (χ2v) is 4.44. The van der Waals surface area contributed by atoms with E-state index in [1.54, 1.807) is 0 Å². The van der Waals surface area contributed by atoms with E-state index >= 15 is 0 Å². The molecule has 1 aromatic carbocycles. The summed E-state index contributed by atoms with van der Waals surface area (Å²) in [7, 11) is 0. The van der Waals surface area contributed by atoms with Crippen LogP contribution in [0.5, 0.6) is 5.75 Å². The molecule has 1 fully saturated rings. The summed E-state index contributed by atoms with van der Waals surface area (Å²) < 4.78 is 18.0. The summed E-state index contributed by atoms with van der Waals surface area (Å²) in [5, 5.41) is 2.72. The van der Waals surface area contributed by atoms with Gasteiger partial charge in [-0.1, -0.05) is 11.6 Å². The lowest BCUT2D eigenvalue weighted by Crippen LogP contribution is -2.51. The van der Waals surface area contributed by atoms with Gasteiger partial charge in [0.25, 0.3) is 5.91 Å². The van der Waals surface area contributed by atoms with Crippen LogP contribution in [0.25, 0.3) is 0 Å². The molecular weight excluding hydrogens is 275 g/mol. The highest BCUT2D eigenvalue weighted by Gasteiger charge is 2.21. The number of hydrogen-bond acceptors (Lipinski definition) is 3. The van der Waals surface area contributed by atoms with Gasteiger partial charge in [-0.2, -0.15) is 0 Å². The molecule has 1 saturated heterocycles. The smallest absolute Gasteiger partial charge is 0.261 e. The molecule has 7 heteroatoms. The number of nitrogens with zero attached hydrogens (tertiary/aromatic N) is 1. The van der Waals surface area contributed by atoms with Crippen LogP contribution in [0, 0.1) is 5.82 Å². The standard InChI is InChI=1S/C12H12ClFN2O3/c13-9-5-8(14)1-2-10(9)19-7-12(18)16-4-3-15-11(17)6-16/h1-2,5H,3-4,6-7H2,(H,15,17). The van der Waals surface area contributed by atoms with E-state index in [0.717, 1.165) is 6.07 Å². The first-order chi connectivity index (χ1) is 9.06. The van der Waals surface area contributed by atoms with Crippen molar-refractivity contribution >= 4 is 23.4 Å². The third kappa shape index (κ3) is 3.57. The second kappa shape index (κ2) is 5.88. The first-order valence-electron chi connectivity index (χ1n) is 5.68. The molecule has 2 rings (SSSR count). The average molecular weight is 287 g/mol. The van der Waals surface area contributed by atoms with E-state index in [1.165, 1.54) is 17.0 Å². The lowest BCUT2D eigenvalue weighted by Gasteiger charge is -2.26. The molecule has 0 bridgehead atoms. The predicted octanol–water partition coefficient (Wildman–Crippen LogP) is 0.816. The fourth-order valence-electron chi connectivity index (χ4n) is 1.67. The van der Waals surface area contributed by atoms with Crippen LogP contribution < -0.4 is 10.1 Å². The van der Waals surface area contributed by atoms with E-state index < -0.39 is 5.82 Å². The monoisotopic (exact) mass is 286 g/mol. The third-order valence-corrected chi connectivity index (χ3v) is 2.93. The predicted molar refractivity (Wildman–Crippen MR) is 66.5 cm³/mol. The maximum Gasteiger partial charge on any atom is 0.261 e. The highest BCUT2D eigenvalue weighted by atomic mass is 35.5. The van der Waals surface area contributed by atoms with Crippen molar-refractivity contribution in [2.45, 2.75) is 0 Å². The molecule has 5 nitrogen and oxygen atoms in total. The van der Waals surface area contributed by atoms with Crippen molar-refractivity contribution in [3.05, 3.63) is 29.0 Å². The van der Waals surface area contributed by atoms with Gasteiger partial charge in [0.1, 0.15) is 11.6 Å². The molecule has 1 aliphatic heterocycles. The molecule has 0 aromatic heterocycles. The maximum atomic E-state index is 12.8. The van der Waals surface area contributed by atoms with Gasteiger partial charge in [0, 0.05) is 13.1 Å². The normalized spacial score (nSPS) is 15.1. The van der Waals surface area contributed by atoms with Gasteiger partial charge in [-0.15, -0.1) is 0 Å². The fraction of sp³-hybridized carbons (Fsp3) is 0.333. The number of benzene rings is 1. The van der Waals surface area contributed by atoms with Gasteiger partial charge in [-0.05, 0) is 18.2 Å². The van der Waals surface area contributed by atoms with Crippen molar-refractivity contribution in [2.24, 2.45) is 0 Å². The Morgan fingerprint density at radius 1 is 1.53 bits per heavy atom. The summed E-state index contributed by atoms with van der Waals surface area (Å²) in [5.41, 5.74) is 0. The number of carbonyl (C=O) groups excluding carboxylic acids is 2. The summed E-state index contributed by atoms with van der Waals surface area (Å²) in [6, 6.07) is 3.66. The molecule has 0 spiro atoms. The summed E-state index contributed by atoms with van der Waals surface area (Å²) in [6.07, 6.45) is 0. The minimum Gasteiger partial charge on any atom is -0.482 e. The molecule has 0 radical (unpaired) electrons. The zero-order chi connectivity index (χ0) is 13.8. The van der Waals surface area contributed by atoms with Crippen molar-refractivity contribution in [3.63, 3.8) is 0 Å². The molecule has 0 aliphatic carbocycles. The van der Waals surface area contributed by atoms with E-state index in [2.05, 4.69) is 5.32 Å². The number of halogens is 2. The molecule has 2 amide bonds. The van der Waals surface area contributed by atoms with Crippen molar-refractivity contribution in [1.29, 1.82) is 0 Å². The van der Waals surface area contributed by atoms with Gasteiger partial charge in [-0.25, -0.2) is 4.39 Å². The van der Waals surface area contributed by atoms with Gasteiger partial charge < -0.3 is 15.0 Å². The Morgan fingerprint density at radius 3 is 3.00 bits per heavy atom. The number of piperazine rings is 1. The Hall–Kier alpha value is -1.82. The molecule has 0 unspecified atom stereocenters. The van der Waals surface area contributed by atoms with E-state index in [1.807, 2.05) is 0 Å². The maximum absolute atomic E-state index is 12.8. The Morgan fingerprint density at radius 2 is 2.32 bits per heavy atom. The highest BCUT2D eigenvalue weighted by Crippen LogP contribution is 2.24. The van der Waals surface area contributed by atoms with Crippen LogP contribution in [0.2, 0.25) is 5.02 Å². The number of rotatable bonds is 3. The van der Waals surface area contributed by atoms with E-state index in [4.69, 9.17) is 16.3 Å². The summed E-state index contributed by atoms with van der Waals surface area (Å²) in [5.74, 6) is -0.746. The summed E-state index contributed by atoms with van der Waals surface area (Å²) in [4.78, 5) is 24.3. The zero-order valence-corrected chi connectivity index (χ0v) is 10.7. The number of amides is 2. The third-order valence-electron chi connectivity index (χ3n) is 2.64. The van der Waals surface area contributed by atoms with Gasteiger partial charge in [0.05, 0.1) is 11.6 Å². The minimum atomic E-state index is -0.476. The number of hydrogen-bond donors (Lipinski definition) is 1. The van der Waals surface area contributed by atoms with Crippen LogP contribution in [0.15, 0.2) is 18.2 Å². The topological polar surface area (TPSA) is 58.6 Å². The van der Waals surface area contributed by atoms with Crippen LogP contribution in [-0.2, 0) is 9.59 Å². The molecule has 1 heterocycles. The first kappa shape index (κ1) is 13.6. The molecule has 1 N–H and O–H groups in total. The fourth-order valence-corrected chi connectivity index (χ4v) is 1.90. The SMILES string of the molecule is O=C1CN(C(=O)COc2ccc(F)cc2Cl)CCN1. The summed E-state index contributed by atoms with van der Waals surface area (Å²) in [6.45, 7) is 0.672. The molecule has 1 aliphatic rings. The van der Waals surface area contributed by atoms with E-state index in [0.29, 0.717) is 13.1 Å². The van der Waals surface area contributed by atoms with Crippen molar-refractivity contribution in [2.75, 3.05) is 26.2 Å². The lowest BCUT2D eigenvalue weighted by molar-refractivity contribution is -0.139. The van der Waals surface area contributed by atoms with Gasteiger partial charge in [-0.3, -0.25) is 9.59 Å². The van der Waals surface area contributed by atoms with Crippen LogP contribution in [-0.4, -0.2) is 43.0 Å². The second-order valence-electron chi connectivity index (χ2n) is 4.03. The highest BCUT2D eigenvalue weighted by molar-refractivity contribution is 6.32. The zero-order valence-electron chi connectivity index (χ0n) is 9.99. The molecule has 0 atom stereocenters.